The monoisotopic (exact) mass is 628 g/mol. The Morgan fingerprint density at radius 3 is 1.83 bits per heavy atom. The van der Waals surface area contributed by atoms with Gasteiger partial charge in [-0.2, -0.15) is 0 Å². The van der Waals surface area contributed by atoms with E-state index in [1.54, 1.807) is 0 Å². The number of aromatic nitrogens is 2. The first-order valence-electron chi connectivity index (χ1n) is 25.8. The van der Waals surface area contributed by atoms with Gasteiger partial charge < -0.3 is 9.13 Å². The van der Waals surface area contributed by atoms with Gasteiger partial charge in [0.15, 0.2) is 0 Å². The van der Waals surface area contributed by atoms with Gasteiger partial charge in [-0.1, -0.05) is 96.7 Å². The minimum atomic E-state index is -0.833. The molecule has 10 aromatic rings. The van der Waals surface area contributed by atoms with Crippen molar-refractivity contribution in [2.24, 2.45) is 0 Å². The second-order valence-electron chi connectivity index (χ2n) is 10.4. The standard InChI is InChI=1S/C43H28N2S/c1-27-12-11-15-29(24-27)44-36-19-8-5-17-32(36)41-38(44)22-23-39-42(41)33-18-6-9-20-37(33)45(39)30-25-34(28-13-3-2-4-14-28)43-35(26-30)31-16-7-10-21-40(31)46-43/h2-26H,1H3/i2D,3D,4D,5D,6D,7D,8D,9D,10D,11D,12D,13D,14D,15D,16D,17D,18D,19D,20D,21D,22D,23D,24D,26D. The molecule has 2 nitrogen and oxygen atoms in total. The maximum absolute atomic E-state index is 9.97. The summed E-state index contributed by atoms with van der Waals surface area (Å²) in [5.74, 6) is 0. The Labute approximate surface area is 303 Å². The number of fused-ring (bicyclic) bond motifs is 10. The number of benzene rings is 7. The number of hydrogen-bond acceptors (Lipinski definition) is 1. The summed E-state index contributed by atoms with van der Waals surface area (Å²) in [6.45, 7) is 1.32. The van der Waals surface area contributed by atoms with Crippen LogP contribution in [0.5, 0.6) is 0 Å². The highest BCUT2D eigenvalue weighted by Crippen LogP contribution is 2.45. The first-order valence-corrected chi connectivity index (χ1v) is 14.6. The molecule has 10 rings (SSSR count). The average molecular weight is 629 g/mol. The third-order valence-electron chi connectivity index (χ3n) is 7.84. The Balaban J connectivity index is 1.57. The minimum absolute atomic E-state index is 0.0363. The molecule has 0 N–H and O–H groups in total. The summed E-state index contributed by atoms with van der Waals surface area (Å²) in [5, 5.41) is -1.95. The highest BCUT2D eigenvalue weighted by molar-refractivity contribution is 7.26. The molecule has 7 aromatic carbocycles. The summed E-state index contributed by atoms with van der Waals surface area (Å²) in [4.78, 5) is 0. The van der Waals surface area contributed by atoms with Gasteiger partial charge in [0, 0.05) is 58.7 Å². The summed E-state index contributed by atoms with van der Waals surface area (Å²) in [6.07, 6.45) is 0. The molecule has 0 atom stereocenters. The molecule has 3 heterocycles. The molecule has 0 fully saturated rings. The quantitative estimate of drug-likeness (QED) is 0.184. The van der Waals surface area contributed by atoms with E-state index in [1.165, 1.54) is 6.92 Å². The van der Waals surface area contributed by atoms with Gasteiger partial charge >= 0.3 is 0 Å². The van der Waals surface area contributed by atoms with Crippen LogP contribution in [0.15, 0.2) is 151 Å². The second-order valence-corrected chi connectivity index (χ2v) is 11.4. The molecule has 3 heteroatoms. The molecule has 0 saturated carbocycles. The van der Waals surface area contributed by atoms with E-state index >= 15 is 0 Å². The fourth-order valence-electron chi connectivity index (χ4n) is 6.02. The first-order chi connectivity index (χ1) is 32.7. The Kier molecular flexibility index (Phi) is 2.44. The van der Waals surface area contributed by atoms with Gasteiger partial charge in [-0.25, -0.2) is 0 Å². The normalized spacial score (nSPS) is 19.3. The van der Waals surface area contributed by atoms with Gasteiger partial charge in [-0.3, -0.25) is 0 Å². The fraction of sp³-hybridized carbons (Fsp3) is 0.0233. The Hall–Kier alpha value is -5.64. The van der Waals surface area contributed by atoms with Crippen LogP contribution in [0, 0.1) is 6.92 Å². The van der Waals surface area contributed by atoms with Gasteiger partial charge in [0.1, 0.15) is 0 Å². The van der Waals surface area contributed by atoms with Crippen LogP contribution < -0.4 is 0 Å². The molecule has 0 aliphatic rings. The van der Waals surface area contributed by atoms with E-state index in [2.05, 4.69) is 0 Å². The van der Waals surface area contributed by atoms with Crippen molar-refractivity contribution in [1.82, 2.24) is 9.13 Å². The van der Waals surface area contributed by atoms with Gasteiger partial charge in [-0.15, -0.1) is 11.3 Å². The summed E-state index contributed by atoms with van der Waals surface area (Å²) < 4.78 is 218. The molecule has 0 saturated heterocycles. The molecule has 0 unspecified atom stereocenters. The van der Waals surface area contributed by atoms with Crippen molar-refractivity contribution in [2.75, 3.05) is 0 Å². The van der Waals surface area contributed by atoms with E-state index in [0.717, 1.165) is 26.5 Å². The number of hydrogen-bond donors (Lipinski definition) is 0. The van der Waals surface area contributed by atoms with Crippen molar-refractivity contribution in [2.45, 2.75) is 6.92 Å². The lowest BCUT2D eigenvalue weighted by molar-refractivity contribution is 1.17. The van der Waals surface area contributed by atoms with Gasteiger partial charge in [0.2, 0.25) is 0 Å². The Bertz CT molecular complexity index is 4130. The predicted molar refractivity (Wildman–Crippen MR) is 198 cm³/mol. The number of nitrogens with zero attached hydrogens (tertiary/aromatic N) is 2. The van der Waals surface area contributed by atoms with Crippen LogP contribution in [0.4, 0.5) is 0 Å². The topological polar surface area (TPSA) is 9.86 Å². The van der Waals surface area contributed by atoms with Crippen molar-refractivity contribution >= 4 is 75.1 Å². The molecular weight excluding hydrogens is 577 g/mol. The summed E-state index contributed by atoms with van der Waals surface area (Å²) in [5.41, 5.74) is -3.58. The van der Waals surface area contributed by atoms with Crippen LogP contribution >= 0.6 is 11.3 Å². The molecule has 3 aromatic heterocycles. The summed E-state index contributed by atoms with van der Waals surface area (Å²) >= 11 is 0.742. The van der Waals surface area contributed by atoms with Crippen molar-refractivity contribution in [3.05, 3.63) is 157 Å². The van der Waals surface area contributed by atoms with Crippen molar-refractivity contribution < 1.29 is 32.9 Å². The zero-order chi connectivity index (χ0) is 51.2. The van der Waals surface area contributed by atoms with Gasteiger partial charge in [-0.05, 0) is 72.5 Å². The molecule has 46 heavy (non-hydrogen) atoms. The summed E-state index contributed by atoms with van der Waals surface area (Å²) in [7, 11) is 0. The fourth-order valence-corrected chi connectivity index (χ4v) is 7.11. The van der Waals surface area contributed by atoms with Crippen molar-refractivity contribution in [3.8, 4) is 22.5 Å². The molecule has 0 amide bonds. The Morgan fingerprint density at radius 2 is 1.11 bits per heavy atom. The lowest BCUT2D eigenvalue weighted by Gasteiger charge is -2.13. The highest BCUT2D eigenvalue weighted by atomic mass is 32.1. The first kappa shape index (κ1) is 11.6. The average Bonchev–Trinajstić information content (AvgIpc) is 4.02. The van der Waals surface area contributed by atoms with Crippen LogP contribution in [0.2, 0.25) is 0 Å². The van der Waals surface area contributed by atoms with E-state index < -0.39 is 195 Å². The maximum atomic E-state index is 9.97. The largest absolute Gasteiger partial charge is 0.309 e. The van der Waals surface area contributed by atoms with Crippen LogP contribution in [-0.2, 0) is 0 Å². The lowest BCUT2D eigenvalue weighted by Crippen LogP contribution is -1.96. The van der Waals surface area contributed by atoms with Crippen LogP contribution in [0.3, 0.4) is 0 Å². The zero-order valence-corrected chi connectivity index (χ0v) is 24.2. The van der Waals surface area contributed by atoms with Crippen molar-refractivity contribution in [3.63, 3.8) is 0 Å². The number of rotatable bonds is 3. The van der Waals surface area contributed by atoms with Gasteiger partial charge in [0.25, 0.3) is 0 Å². The van der Waals surface area contributed by atoms with E-state index in [4.69, 9.17) is 23.3 Å². The van der Waals surface area contributed by atoms with E-state index in [9.17, 15) is 9.60 Å². The molecule has 216 valence electrons. The summed E-state index contributed by atoms with van der Waals surface area (Å²) in [6, 6.07) is -16.1. The molecule has 0 bridgehead atoms. The third-order valence-corrected chi connectivity index (χ3v) is 8.97. The van der Waals surface area contributed by atoms with E-state index in [0.29, 0.717) is 0 Å². The smallest absolute Gasteiger partial charge is 0.0652 e. The van der Waals surface area contributed by atoms with E-state index in [1.807, 2.05) is 0 Å². The molecule has 0 spiro atoms. The zero-order valence-electron chi connectivity index (χ0n) is 47.4. The number of para-hydroxylation sites is 2. The maximum Gasteiger partial charge on any atom is 0.0652 e. The third kappa shape index (κ3) is 3.58. The second kappa shape index (κ2) is 9.68. The SMILES string of the molecule is [2H]c1c([2H])c([2H])c(-c2cc(-n3c4c([2H])c([2H])c([2H])c([2H])c4c4c5c6c([2H])c([2H])c([2H])c([2H])c6n(-c6c([2H])c([2H])c([2H])c(C)c6[2H])c5c([2H])c([2H])c43)c([2H])c3c2sc2c([2H])c([2H])c([2H])c([2H])c23)c([2H])c1[2H]. The molecule has 0 aliphatic heterocycles. The molecular formula is C43H28N2S. The lowest BCUT2D eigenvalue weighted by atomic mass is 10.0. The number of thiophene rings is 1. The molecule has 0 aliphatic carbocycles. The van der Waals surface area contributed by atoms with E-state index in [-0.39, 0.29) is 42.1 Å². The minimum Gasteiger partial charge on any atom is -0.309 e. The van der Waals surface area contributed by atoms with Crippen LogP contribution in [0.25, 0.3) is 86.3 Å². The van der Waals surface area contributed by atoms with Crippen LogP contribution in [-0.4, -0.2) is 9.13 Å². The van der Waals surface area contributed by atoms with Crippen molar-refractivity contribution in [1.29, 1.82) is 0 Å². The predicted octanol–water partition coefficient (Wildman–Crippen LogP) is 12.2. The van der Waals surface area contributed by atoms with Gasteiger partial charge in [0.05, 0.1) is 55.0 Å². The highest BCUT2D eigenvalue weighted by Gasteiger charge is 2.21. The van der Waals surface area contributed by atoms with Crippen LogP contribution in [0.1, 0.15) is 38.5 Å². The Morgan fingerprint density at radius 1 is 0.500 bits per heavy atom. The molecule has 0 radical (unpaired) electrons.